The van der Waals surface area contributed by atoms with Gasteiger partial charge in [0.1, 0.15) is 0 Å². The maximum absolute atomic E-state index is 11.7. The number of aromatic amines is 1. The summed E-state index contributed by atoms with van der Waals surface area (Å²) in [6.07, 6.45) is 0. The number of benzene rings is 1. The fourth-order valence-electron chi connectivity index (χ4n) is 1.45. The van der Waals surface area contributed by atoms with Crippen LogP contribution < -0.4 is 5.43 Å². The van der Waals surface area contributed by atoms with Gasteiger partial charge in [0.15, 0.2) is 5.43 Å². The first kappa shape index (κ1) is 10.6. The van der Waals surface area contributed by atoms with E-state index in [0.29, 0.717) is 10.4 Å². The van der Waals surface area contributed by atoms with Crippen molar-refractivity contribution in [1.29, 1.82) is 0 Å². The van der Waals surface area contributed by atoms with Crippen LogP contribution >= 0.6 is 23.4 Å². The summed E-state index contributed by atoms with van der Waals surface area (Å²) in [5.74, 6) is 0.923. The average Bonchev–Trinajstić information content (AvgIpc) is 2.20. The van der Waals surface area contributed by atoms with Crippen LogP contribution in [0.5, 0.6) is 0 Å². The van der Waals surface area contributed by atoms with Crippen molar-refractivity contribution in [2.45, 2.75) is 11.9 Å². The van der Waals surface area contributed by atoms with Crippen LogP contribution in [0.15, 0.2) is 34.1 Å². The number of thioether (sulfide) groups is 1. The third kappa shape index (κ3) is 2.03. The number of hydrogen-bond donors (Lipinski definition) is 1. The van der Waals surface area contributed by atoms with Gasteiger partial charge in [0.05, 0.1) is 15.6 Å². The average molecular weight is 240 g/mol. The molecule has 0 bridgehead atoms. The first-order chi connectivity index (χ1) is 7.22. The van der Waals surface area contributed by atoms with Crippen LogP contribution in [0, 0.1) is 0 Å². The van der Waals surface area contributed by atoms with Gasteiger partial charge in [-0.1, -0.05) is 24.6 Å². The van der Waals surface area contributed by atoms with E-state index in [1.807, 2.05) is 6.92 Å². The Hall–Kier alpha value is -0.930. The molecule has 0 amide bonds. The zero-order valence-corrected chi connectivity index (χ0v) is 9.78. The highest BCUT2D eigenvalue weighted by Gasteiger charge is 2.04. The zero-order chi connectivity index (χ0) is 10.8. The number of hydrogen-bond acceptors (Lipinski definition) is 2. The van der Waals surface area contributed by atoms with Gasteiger partial charge in [0.25, 0.3) is 0 Å². The molecule has 0 spiro atoms. The summed E-state index contributed by atoms with van der Waals surface area (Å²) < 4.78 is 0. The predicted molar refractivity (Wildman–Crippen MR) is 66.0 cm³/mol. The smallest absolute Gasteiger partial charge is 0.190 e. The van der Waals surface area contributed by atoms with E-state index in [-0.39, 0.29) is 5.43 Å². The third-order valence-corrected chi connectivity index (χ3v) is 3.22. The molecule has 0 saturated carbocycles. The Morgan fingerprint density at radius 3 is 3.00 bits per heavy atom. The molecule has 2 rings (SSSR count). The largest absolute Gasteiger partial charge is 0.348 e. The van der Waals surface area contributed by atoms with Gasteiger partial charge in [-0.15, -0.1) is 11.8 Å². The Morgan fingerprint density at radius 1 is 1.47 bits per heavy atom. The highest BCUT2D eigenvalue weighted by atomic mass is 35.5. The number of H-pyrrole nitrogens is 1. The van der Waals surface area contributed by atoms with E-state index in [0.717, 1.165) is 16.3 Å². The highest BCUT2D eigenvalue weighted by Crippen LogP contribution is 2.22. The van der Waals surface area contributed by atoms with E-state index < -0.39 is 0 Å². The summed E-state index contributed by atoms with van der Waals surface area (Å²) in [6, 6.07) is 6.96. The fraction of sp³-hybridized carbons (Fsp3) is 0.182. The van der Waals surface area contributed by atoms with Crippen molar-refractivity contribution < 1.29 is 0 Å². The molecule has 4 heteroatoms. The zero-order valence-electron chi connectivity index (χ0n) is 8.21. The molecule has 0 atom stereocenters. The third-order valence-electron chi connectivity index (χ3n) is 2.09. The highest BCUT2D eigenvalue weighted by molar-refractivity contribution is 7.99. The predicted octanol–water partition coefficient (Wildman–Crippen LogP) is 3.29. The van der Waals surface area contributed by atoms with Gasteiger partial charge in [-0.05, 0) is 17.9 Å². The maximum atomic E-state index is 11.7. The van der Waals surface area contributed by atoms with Crippen molar-refractivity contribution in [3.63, 3.8) is 0 Å². The molecule has 1 aromatic heterocycles. The molecule has 1 heterocycles. The Kier molecular flexibility index (Phi) is 3.03. The molecule has 0 aliphatic rings. The lowest BCUT2D eigenvalue weighted by molar-refractivity contribution is 1.17. The second-order valence-electron chi connectivity index (χ2n) is 3.09. The molecule has 0 saturated heterocycles. The molecule has 0 radical (unpaired) electrons. The van der Waals surface area contributed by atoms with Crippen LogP contribution in [0.25, 0.3) is 10.9 Å². The molecule has 2 nitrogen and oxygen atoms in total. The summed E-state index contributed by atoms with van der Waals surface area (Å²) in [7, 11) is 0. The van der Waals surface area contributed by atoms with E-state index in [4.69, 9.17) is 11.6 Å². The van der Waals surface area contributed by atoms with Crippen molar-refractivity contribution >= 4 is 34.3 Å². The molecule has 0 fully saturated rings. The number of fused-ring (bicyclic) bond motifs is 1. The van der Waals surface area contributed by atoms with Crippen molar-refractivity contribution in [1.82, 2.24) is 4.98 Å². The summed E-state index contributed by atoms with van der Waals surface area (Å²) >= 11 is 7.62. The van der Waals surface area contributed by atoms with Crippen LogP contribution in [0.2, 0.25) is 5.02 Å². The minimum atomic E-state index is 0.0159. The quantitative estimate of drug-likeness (QED) is 0.816. The van der Waals surface area contributed by atoms with Crippen LogP contribution in [-0.2, 0) is 0 Å². The lowest BCUT2D eigenvalue weighted by Crippen LogP contribution is -2.02. The maximum Gasteiger partial charge on any atom is 0.190 e. The number of halogens is 1. The van der Waals surface area contributed by atoms with Crippen LogP contribution in [0.4, 0.5) is 0 Å². The van der Waals surface area contributed by atoms with Gasteiger partial charge in [0.2, 0.25) is 0 Å². The standard InChI is InChI=1S/C11H10ClNOS/c1-2-15-10-6-9(14)7-4-3-5-8(12)11(7)13-10/h3-6H,2H2,1H3,(H,13,14). The summed E-state index contributed by atoms with van der Waals surface area (Å²) in [5.41, 5.74) is 0.741. The van der Waals surface area contributed by atoms with Crippen LogP contribution in [0.3, 0.4) is 0 Å². The monoisotopic (exact) mass is 239 g/mol. The Bertz CT molecular complexity index is 550. The second-order valence-corrected chi connectivity index (χ2v) is 4.81. The number of para-hydroxylation sites is 1. The van der Waals surface area contributed by atoms with Gasteiger partial charge in [-0.25, -0.2) is 0 Å². The van der Waals surface area contributed by atoms with Gasteiger partial charge >= 0.3 is 0 Å². The summed E-state index contributed by atoms with van der Waals surface area (Å²) in [4.78, 5) is 14.9. The molecule has 15 heavy (non-hydrogen) atoms. The van der Waals surface area contributed by atoms with E-state index >= 15 is 0 Å². The van der Waals surface area contributed by atoms with E-state index in [1.54, 1.807) is 36.0 Å². The van der Waals surface area contributed by atoms with E-state index in [1.165, 1.54) is 0 Å². The van der Waals surface area contributed by atoms with Crippen LogP contribution in [0.1, 0.15) is 6.92 Å². The summed E-state index contributed by atoms with van der Waals surface area (Å²) in [6.45, 7) is 2.04. The normalized spacial score (nSPS) is 10.8. The van der Waals surface area contributed by atoms with E-state index in [9.17, 15) is 4.79 Å². The first-order valence-corrected chi connectivity index (χ1v) is 6.03. The second kappa shape index (κ2) is 4.29. The van der Waals surface area contributed by atoms with Gasteiger partial charge in [-0.3, -0.25) is 4.79 Å². The Balaban J connectivity index is 2.74. The minimum absolute atomic E-state index is 0.0159. The number of rotatable bonds is 2. The lowest BCUT2D eigenvalue weighted by atomic mass is 10.2. The van der Waals surface area contributed by atoms with Crippen molar-refractivity contribution in [3.8, 4) is 0 Å². The number of nitrogens with one attached hydrogen (secondary N) is 1. The summed E-state index contributed by atoms with van der Waals surface area (Å²) in [5, 5.41) is 2.09. The van der Waals surface area contributed by atoms with Gasteiger partial charge in [0, 0.05) is 11.5 Å². The molecule has 0 unspecified atom stereocenters. The van der Waals surface area contributed by atoms with Gasteiger partial charge < -0.3 is 4.98 Å². The lowest BCUT2D eigenvalue weighted by Gasteiger charge is -2.03. The van der Waals surface area contributed by atoms with Crippen molar-refractivity contribution in [2.24, 2.45) is 0 Å². The number of aromatic nitrogens is 1. The molecule has 1 aromatic carbocycles. The first-order valence-electron chi connectivity index (χ1n) is 4.66. The topological polar surface area (TPSA) is 32.9 Å². The van der Waals surface area contributed by atoms with Gasteiger partial charge in [-0.2, -0.15) is 0 Å². The molecule has 1 N–H and O–H groups in total. The Morgan fingerprint density at radius 2 is 2.27 bits per heavy atom. The molecule has 0 aliphatic carbocycles. The molecule has 78 valence electrons. The van der Waals surface area contributed by atoms with Crippen LogP contribution in [-0.4, -0.2) is 10.7 Å². The van der Waals surface area contributed by atoms with Crippen molar-refractivity contribution in [2.75, 3.05) is 5.75 Å². The minimum Gasteiger partial charge on any atom is -0.348 e. The van der Waals surface area contributed by atoms with Crippen molar-refractivity contribution in [3.05, 3.63) is 39.5 Å². The Labute approximate surface area is 96.7 Å². The number of pyridine rings is 1. The molecular formula is C11H10ClNOS. The SMILES string of the molecule is CCSc1cc(=O)c2cccc(Cl)c2[nH]1. The fourth-order valence-corrected chi connectivity index (χ4v) is 2.34. The molecular weight excluding hydrogens is 230 g/mol. The van der Waals surface area contributed by atoms with E-state index in [2.05, 4.69) is 4.98 Å². The molecule has 2 aromatic rings. The molecule has 0 aliphatic heterocycles.